The summed E-state index contributed by atoms with van der Waals surface area (Å²) in [5.74, 6) is 1.50. The van der Waals surface area contributed by atoms with E-state index in [1.165, 1.54) is 0 Å². The number of hydrogen-bond donors (Lipinski definition) is 1. The predicted molar refractivity (Wildman–Crippen MR) is 106 cm³/mol. The van der Waals surface area contributed by atoms with Crippen LogP contribution in [0.4, 0.5) is 0 Å². The van der Waals surface area contributed by atoms with Crippen molar-refractivity contribution < 1.29 is 9.32 Å². The lowest BCUT2D eigenvalue weighted by Crippen LogP contribution is -2.51. The summed E-state index contributed by atoms with van der Waals surface area (Å²) in [4.78, 5) is 19.3. The SMILES string of the molecule is Cl.O=C(C1CCCCN1)N1CCCC(c2nc(-c3ccc(Cl)cc3)no2)C1. The molecule has 1 amide bonds. The first-order chi connectivity index (χ1) is 12.7. The van der Waals surface area contributed by atoms with E-state index in [1.807, 2.05) is 29.2 Å². The molecule has 0 aliphatic carbocycles. The van der Waals surface area contributed by atoms with Crippen LogP contribution in [-0.2, 0) is 4.79 Å². The van der Waals surface area contributed by atoms with Gasteiger partial charge in [0.25, 0.3) is 0 Å². The number of piperidine rings is 2. The quantitative estimate of drug-likeness (QED) is 0.835. The first kappa shape index (κ1) is 20.1. The molecular formula is C19H24Cl2N4O2. The van der Waals surface area contributed by atoms with Crippen LogP contribution < -0.4 is 5.32 Å². The molecule has 3 heterocycles. The molecule has 8 heteroatoms. The molecule has 6 nitrogen and oxygen atoms in total. The lowest BCUT2D eigenvalue weighted by molar-refractivity contribution is -0.135. The Balaban J connectivity index is 0.00000210. The molecule has 1 N–H and O–H groups in total. The number of rotatable bonds is 3. The van der Waals surface area contributed by atoms with Crippen LogP contribution in [0.1, 0.15) is 43.9 Å². The summed E-state index contributed by atoms with van der Waals surface area (Å²) >= 11 is 5.93. The molecule has 2 fully saturated rings. The largest absolute Gasteiger partial charge is 0.341 e. The Bertz CT molecular complexity index is 759. The van der Waals surface area contributed by atoms with Crippen molar-refractivity contribution in [2.24, 2.45) is 0 Å². The van der Waals surface area contributed by atoms with Gasteiger partial charge in [-0.2, -0.15) is 4.98 Å². The van der Waals surface area contributed by atoms with Crippen LogP contribution in [0.5, 0.6) is 0 Å². The van der Waals surface area contributed by atoms with Gasteiger partial charge in [0, 0.05) is 23.7 Å². The smallest absolute Gasteiger partial charge is 0.239 e. The molecule has 0 spiro atoms. The maximum Gasteiger partial charge on any atom is 0.239 e. The van der Waals surface area contributed by atoms with Gasteiger partial charge < -0.3 is 14.7 Å². The number of hydrogen-bond acceptors (Lipinski definition) is 5. The van der Waals surface area contributed by atoms with E-state index in [0.29, 0.717) is 23.3 Å². The topological polar surface area (TPSA) is 71.3 Å². The molecule has 146 valence electrons. The monoisotopic (exact) mass is 410 g/mol. The lowest BCUT2D eigenvalue weighted by Gasteiger charge is -2.35. The van der Waals surface area contributed by atoms with Gasteiger partial charge in [-0.1, -0.05) is 23.2 Å². The van der Waals surface area contributed by atoms with E-state index in [4.69, 9.17) is 16.1 Å². The molecule has 27 heavy (non-hydrogen) atoms. The third-order valence-corrected chi connectivity index (χ3v) is 5.49. The number of nitrogens with one attached hydrogen (secondary N) is 1. The molecule has 2 aliphatic heterocycles. The maximum absolute atomic E-state index is 12.8. The lowest BCUT2D eigenvalue weighted by atomic mass is 9.96. The number of carbonyl (C=O) groups is 1. The van der Waals surface area contributed by atoms with E-state index in [9.17, 15) is 4.79 Å². The van der Waals surface area contributed by atoms with Crippen molar-refractivity contribution in [2.45, 2.75) is 44.1 Å². The molecule has 2 aliphatic rings. The zero-order valence-corrected chi connectivity index (χ0v) is 16.6. The van der Waals surface area contributed by atoms with Crippen LogP contribution in [-0.4, -0.2) is 46.6 Å². The first-order valence-corrected chi connectivity index (χ1v) is 9.70. The minimum Gasteiger partial charge on any atom is -0.341 e. The highest BCUT2D eigenvalue weighted by atomic mass is 35.5. The molecule has 2 atom stereocenters. The van der Waals surface area contributed by atoms with E-state index in [0.717, 1.165) is 50.8 Å². The Morgan fingerprint density at radius 3 is 2.74 bits per heavy atom. The molecule has 0 radical (unpaired) electrons. The second kappa shape index (κ2) is 9.04. The fourth-order valence-corrected chi connectivity index (χ4v) is 3.91. The van der Waals surface area contributed by atoms with Crippen LogP contribution in [0.15, 0.2) is 28.8 Å². The summed E-state index contributed by atoms with van der Waals surface area (Å²) in [6, 6.07) is 7.34. The second-order valence-electron chi connectivity index (χ2n) is 7.09. The van der Waals surface area contributed by atoms with E-state index in [-0.39, 0.29) is 30.3 Å². The third kappa shape index (κ3) is 4.62. The average molecular weight is 411 g/mol. The van der Waals surface area contributed by atoms with Crippen molar-refractivity contribution in [2.75, 3.05) is 19.6 Å². The number of likely N-dealkylation sites (tertiary alicyclic amines) is 1. The molecule has 4 rings (SSSR count). The Kier molecular flexibility index (Phi) is 6.73. The van der Waals surface area contributed by atoms with Gasteiger partial charge in [-0.25, -0.2) is 0 Å². The fourth-order valence-electron chi connectivity index (χ4n) is 3.78. The zero-order chi connectivity index (χ0) is 17.9. The van der Waals surface area contributed by atoms with Crippen molar-refractivity contribution in [3.05, 3.63) is 35.2 Å². The number of nitrogens with zero attached hydrogens (tertiary/aromatic N) is 3. The predicted octanol–water partition coefficient (Wildman–Crippen LogP) is 3.66. The molecule has 2 unspecified atom stereocenters. The van der Waals surface area contributed by atoms with E-state index < -0.39 is 0 Å². The minimum atomic E-state index is -0.0326. The standard InChI is InChI=1S/C19H23ClN4O2.ClH/c20-15-8-6-13(7-9-15)17-22-18(26-23-17)14-4-3-11-24(12-14)19(25)16-5-1-2-10-21-16;/h6-9,14,16,21H,1-5,10-12H2;1H. The van der Waals surface area contributed by atoms with Crippen LogP contribution >= 0.6 is 24.0 Å². The van der Waals surface area contributed by atoms with Gasteiger partial charge in [0.2, 0.25) is 17.6 Å². The summed E-state index contributed by atoms with van der Waals surface area (Å²) in [6.45, 7) is 2.40. The van der Waals surface area contributed by atoms with Crippen molar-refractivity contribution >= 4 is 29.9 Å². The Morgan fingerprint density at radius 2 is 2.00 bits per heavy atom. The molecule has 0 saturated carbocycles. The Morgan fingerprint density at radius 1 is 1.19 bits per heavy atom. The number of carbonyl (C=O) groups excluding carboxylic acids is 1. The average Bonchev–Trinajstić information content (AvgIpc) is 3.19. The van der Waals surface area contributed by atoms with Gasteiger partial charge in [0.05, 0.1) is 12.0 Å². The van der Waals surface area contributed by atoms with E-state index >= 15 is 0 Å². The molecule has 0 bridgehead atoms. The zero-order valence-electron chi connectivity index (χ0n) is 15.1. The van der Waals surface area contributed by atoms with E-state index in [1.54, 1.807) is 0 Å². The first-order valence-electron chi connectivity index (χ1n) is 9.32. The number of halogens is 2. The fraction of sp³-hybridized carbons (Fsp3) is 0.526. The van der Waals surface area contributed by atoms with Crippen LogP contribution in [0.25, 0.3) is 11.4 Å². The molecule has 1 aromatic carbocycles. The number of benzene rings is 1. The highest BCUT2D eigenvalue weighted by Crippen LogP contribution is 2.28. The van der Waals surface area contributed by atoms with Gasteiger partial charge in [-0.15, -0.1) is 12.4 Å². The van der Waals surface area contributed by atoms with Gasteiger partial charge in [0.1, 0.15) is 0 Å². The molecule has 1 aromatic heterocycles. The van der Waals surface area contributed by atoms with Gasteiger partial charge >= 0.3 is 0 Å². The number of aromatic nitrogens is 2. The van der Waals surface area contributed by atoms with Crippen molar-refractivity contribution in [1.82, 2.24) is 20.4 Å². The van der Waals surface area contributed by atoms with Gasteiger partial charge in [-0.3, -0.25) is 4.79 Å². The Labute approximate surface area is 170 Å². The summed E-state index contributed by atoms with van der Waals surface area (Å²) < 4.78 is 5.51. The minimum absolute atomic E-state index is 0. The Hall–Kier alpha value is -1.63. The van der Waals surface area contributed by atoms with Crippen molar-refractivity contribution in [1.29, 1.82) is 0 Å². The summed E-state index contributed by atoms with van der Waals surface area (Å²) in [5.41, 5.74) is 0.875. The summed E-state index contributed by atoms with van der Waals surface area (Å²) in [7, 11) is 0. The highest BCUT2D eigenvalue weighted by molar-refractivity contribution is 6.30. The molecule has 2 aromatic rings. The van der Waals surface area contributed by atoms with Gasteiger partial charge in [0.15, 0.2) is 0 Å². The number of amides is 1. The van der Waals surface area contributed by atoms with E-state index in [2.05, 4.69) is 15.5 Å². The molecule has 2 saturated heterocycles. The van der Waals surface area contributed by atoms with Gasteiger partial charge in [-0.05, 0) is 56.5 Å². The second-order valence-corrected chi connectivity index (χ2v) is 7.53. The van der Waals surface area contributed by atoms with Crippen molar-refractivity contribution in [3.63, 3.8) is 0 Å². The van der Waals surface area contributed by atoms with Crippen LogP contribution in [0, 0.1) is 0 Å². The third-order valence-electron chi connectivity index (χ3n) is 5.23. The summed E-state index contributed by atoms with van der Waals surface area (Å²) in [5, 5.41) is 8.13. The van der Waals surface area contributed by atoms with Crippen LogP contribution in [0.3, 0.4) is 0 Å². The van der Waals surface area contributed by atoms with Crippen molar-refractivity contribution in [3.8, 4) is 11.4 Å². The molecular weight excluding hydrogens is 387 g/mol. The highest BCUT2D eigenvalue weighted by Gasteiger charge is 2.32. The summed E-state index contributed by atoms with van der Waals surface area (Å²) in [6.07, 6.45) is 5.13. The maximum atomic E-state index is 12.8. The normalized spacial score (nSPS) is 22.9. The van der Waals surface area contributed by atoms with Crippen LogP contribution in [0.2, 0.25) is 5.02 Å².